The molecule has 2 aliphatic carbocycles. The summed E-state index contributed by atoms with van der Waals surface area (Å²) in [7, 11) is 0. The molecule has 1 aromatic carbocycles. The van der Waals surface area contributed by atoms with Crippen molar-refractivity contribution in [1.29, 1.82) is 0 Å². The van der Waals surface area contributed by atoms with Crippen LogP contribution in [0.25, 0.3) is 0 Å². The number of nitrogens with zero attached hydrogens (tertiary/aromatic N) is 1. The van der Waals surface area contributed by atoms with Crippen LogP contribution in [-0.2, 0) is 14.4 Å². The van der Waals surface area contributed by atoms with Crippen LogP contribution in [0.1, 0.15) is 13.3 Å². The first-order valence-corrected chi connectivity index (χ1v) is 7.41. The van der Waals surface area contributed by atoms with Gasteiger partial charge in [-0.25, -0.2) is 4.90 Å². The summed E-state index contributed by atoms with van der Waals surface area (Å²) in [4.78, 5) is 38.0. The maximum Gasteiger partial charge on any atom is 0.308 e. The lowest BCUT2D eigenvalue weighted by Gasteiger charge is -2.19. The van der Waals surface area contributed by atoms with Crippen LogP contribution in [0.5, 0.6) is 5.75 Å². The van der Waals surface area contributed by atoms with E-state index in [9.17, 15) is 14.4 Å². The van der Waals surface area contributed by atoms with Gasteiger partial charge in [0.15, 0.2) is 5.75 Å². The molecule has 1 aliphatic heterocycles. The highest BCUT2D eigenvalue weighted by atomic mass is 16.5. The van der Waals surface area contributed by atoms with Gasteiger partial charge in [0.05, 0.1) is 17.5 Å². The van der Waals surface area contributed by atoms with Crippen LogP contribution in [0.15, 0.2) is 36.4 Å². The van der Waals surface area contributed by atoms with Crippen molar-refractivity contribution in [3.8, 4) is 5.75 Å². The van der Waals surface area contributed by atoms with E-state index in [0.717, 1.165) is 6.42 Å². The van der Waals surface area contributed by atoms with Crippen molar-refractivity contribution >= 4 is 23.5 Å². The highest BCUT2D eigenvalue weighted by Gasteiger charge is 2.59. The number of imide groups is 1. The maximum atomic E-state index is 12.8. The molecule has 0 radical (unpaired) electrons. The molecule has 4 rings (SSSR count). The second kappa shape index (κ2) is 4.53. The van der Waals surface area contributed by atoms with Crippen molar-refractivity contribution in [1.82, 2.24) is 0 Å². The molecule has 5 heteroatoms. The van der Waals surface area contributed by atoms with E-state index in [2.05, 4.69) is 12.2 Å². The molecular formula is C17H15NO4. The third-order valence-corrected chi connectivity index (χ3v) is 4.83. The Kier molecular flexibility index (Phi) is 2.73. The van der Waals surface area contributed by atoms with Gasteiger partial charge in [-0.2, -0.15) is 0 Å². The topological polar surface area (TPSA) is 63.7 Å². The van der Waals surface area contributed by atoms with Gasteiger partial charge in [0, 0.05) is 6.92 Å². The van der Waals surface area contributed by atoms with Gasteiger partial charge < -0.3 is 4.74 Å². The van der Waals surface area contributed by atoms with Crippen molar-refractivity contribution in [2.45, 2.75) is 13.3 Å². The normalized spacial score (nSPS) is 31.8. The van der Waals surface area contributed by atoms with Crippen molar-refractivity contribution < 1.29 is 19.1 Å². The van der Waals surface area contributed by atoms with E-state index in [1.54, 1.807) is 24.3 Å². The molecule has 0 N–H and O–H groups in total. The molecule has 2 fully saturated rings. The van der Waals surface area contributed by atoms with Gasteiger partial charge in [-0.15, -0.1) is 0 Å². The Balaban J connectivity index is 1.74. The first-order chi connectivity index (χ1) is 10.6. The van der Waals surface area contributed by atoms with Gasteiger partial charge in [0.2, 0.25) is 11.8 Å². The molecule has 0 aromatic heterocycles. The largest absolute Gasteiger partial charge is 0.424 e. The van der Waals surface area contributed by atoms with E-state index in [1.807, 2.05) is 0 Å². The summed E-state index contributed by atoms with van der Waals surface area (Å²) < 4.78 is 5.15. The fourth-order valence-electron chi connectivity index (χ4n) is 4.02. The number of allylic oxidation sites excluding steroid dienone is 2. The maximum absolute atomic E-state index is 12.8. The number of esters is 1. The van der Waals surface area contributed by atoms with Crippen LogP contribution in [-0.4, -0.2) is 17.8 Å². The van der Waals surface area contributed by atoms with Gasteiger partial charge in [-0.3, -0.25) is 14.4 Å². The summed E-state index contributed by atoms with van der Waals surface area (Å²) in [5, 5.41) is 0. The fraction of sp³-hybridized carbons (Fsp3) is 0.353. The van der Waals surface area contributed by atoms with E-state index in [0.29, 0.717) is 5.69 Å². The summed E-state index contributed by atoms with van der Waals surface area (Å²) in [6.07, 6.45) is 5.00. The van der Waals surface area contributed by atoms with Crippen molar-refractivity contribution in [2.75, 3.05) is 4.90 Å². The average molecular weight is 297 g/mol. The molecule has 1 aromatic rings. The van der Waals surface area contributed by atoms with Crippen LogP contribution in [0.3, 0.4) is 0 Å². The Morgan fingerprint density at radius 1 is 1.09 bits per heavy atom. The molecule has 5 nitrogen and oxygen atoms in total. The zero-order valence-corrected chi connectivity index (χ0v) is 12.1. The monoisotopic (exact) mass is 297 g/mol. The van der Waals surface area contributed by atoms with E-state index in [4.69, 9.17) is 4.74 Å². The van der Waals surface area contributed by atoms with Gasteiger partial charge in [0.1, 0.15) is 0 Å². The number of fused-ring (bicyclic) bond motifs is 5. The summed E-state index contributed by atoms with van der Waals surface area (Å²) in [6, 6.07) is 6.67. The minimum Gasteiger partial charge on any atom is -0.424 e. The third-order valence-electron chi connectivity index (χ3n) is 4.83. The molecule has 0 spiro atoms. The number of ether oxygens (including phenoxy) is 1. The smallest absolute Gasteiger partial charge is 0.308 e. The first kappa shape index (κ1) is 13.2. The molecule has 22 heavy (non-hydrogen) atoms. The molecule has 2 bridgehead atoms. The highest BCUT2D eigenvalue weighted by Crippen LogP contribution is 2.53. The van der Waals surface area contributed by atoms with E-state index in [1.165, 1.54) is 11.8 Å². The fourth-order valence-corrected chi connectivity index (χ4v) is 4.02. The van der Waals surface area contributed by atoms with Gasteiger partial charge in [0.25, 0.3) is 0 Å². The van der Waals surface area contributed by atoms with Crippen molar-refractivity contribution in [3.05, 3.63) is 36.4 Å². The molecule has 1 saturated carbocycles. The zero-order valence-electron chi connectivity index (χ0n) is 12.1. The van der Waals surface area contributed by atoms with Crippen molar-refractivity contribution in [3.63, 3.8) is 0 Å². The number of para-hydroxylation sites is 2. The SMILES string of the molecule is CC(=O)Oc1ccccc1N1C(=O)[C@H]2[C@H](C1=O)[C@H]1C=C[C@H]2C1. The molecular weight excluding hydrogens is 282 g/mol. The number of carbonyl (C=O) groups excluding carboxylic acids is 3. The predicted molar refractivity (Wildman–Crippen MR) is 78.0 cm³/mol. The second-order valence-electron chi connectivity index (χ2n) is 6.07. The van der Waals surface area contributed by atoms with Crippen LogP contribution >= 0.6 is 0 Å². The van der Waals surface area contributed by atoms with Crippen LogP contribution < -0.4 is 9.64 Å². The van der Waals surface area contributed by atoms with Crippen LogP contribution in [0.4, 0.5) is 5.69 Å². The minimum absolute atomic E-state index is 0.164. The summed E-state index contributed by atoms with van der Waals surface area (Å²) in [6.45, 7) is 1.29. The Labute approximate surface area is 127 Å². The van der Waals surface area contributed by atoms with Gasteiger partial charge >= 0.3 is 5.97 Å². The minimum atomic E-state index is -0.478. The van der Waals surface area contributed by atoms with E-state index in [-0.39, 0.29) is 41.2 Å². The number of amides is 2. The molecule has 1 saturated heterocycles. The molecule has 1 heterocycles. The summed E-state index contributed by atoms with van der Waals surface area (Å²) >= 11 is 0. The van der Waals surface area contributed by atoms with Gasteiger partial charge in [-0.1, -0.05) is 24.3 Å². The number of carbonyl (C=O) groups is 3. The predicted octanol–water partition coefficient (Wildman–Crippen LogP) is 1.92. The first-order valence-electron chi connectivity index (χ1n) is 7.41. The molecule has 4 atom stereocenters. The lowest BCUT2D eigenvalue weighted by molar-refractivity contribution is -0.132. The van der Waals surface area contributed by atoms with Gasteiger partial charge in [-0.05, 0) is 30.4 Å². The number of anilines is 1. The number of hydrogen-bond donors (Lipinski definition) is 0. The molecule has 0 unspecified atom stereocenters. The van der Waals surface area contributed by atoms with Crippen LogP contribution in [0.2, 0.25) is 0 Å². The number of hydrogen-bond acceptors (Lipinski definition) is 4. The summed E-state index contributed by atoms with van der Waals surface area (Å²) in [5.74, 6) is -0.765. The summed E-state index contributed by atoms with van der Waals surface area (Å²) in [5.41, 5.74) is 0.363. The van der Waals surface area contributed by atoms with Crippen molar-refractivity contribution in [2.24, 2.45) is 23.7 Å². The quantitative estimate of drug-likeness (QED) is 0.362. The third kappa shape index (κ3) is 1.68. The molecule has 3 aliphatic rings. The van der Waals surface area contributed by atoms with E-state index >= 15 is 0 Å². The average Bonchev–Trinajstić information content (AvgIpc) is 3.14. The highest BCUT2D eigenvalue weighted by molar-refractivity contribution is 6.23. The second-order valence-corrected chi connectivity index (χ2v) is 6.07. The van der Waals surface area contributed by atoms with E-state index < -0.39 is 5.97 Å². The molecule has 112 valence electrons. The van der Waals surface area contributed by atoms with Crippen LogP contribution in [0, 0.1) is 23.7 Å². The number of rotatable bonds is 2. The lowest BCUT2D eigenvalue weighted by atomic mass is 9.85. The zero-order chi connectivity index (χ0) is 15.4. The lowest BCUT2D eigenvalue weighted by Crippen LogP contribution is -2.33. The Morgan fingerprint density at radius 2 is 1.68 bits per heavy atom. The standard InChI is InChI=1S/C17H15NO4/c1-9(19)22-13-5-3-2-4-12(13)18-16(20)14-10-6-7-11(8-10)15(14)17(18)21/h2-7,10-11,14-15H,8H2,1H3/t10-,11-,14+,15+/m0/s1. The Morgan fingerprint density at radius 3 is 2.27 bits per heavy atom. The number of benzene rings is 1. The Hall–Kier alpha value is -2.43. The Bertz CT molecular complexity index is 693. The molecule has 2 amide bonds.